The van der Waals surface area contributed by atoms with Crippen LogP contribution in [0.25, 0.3) is 0 Å². The van der Waals surface area contributed by atoms with Gasteiger partial charge in [-0.05, 0) is 59.0 Å². The van der Waals surface area contributed by atoms with Crippen LogP contribution in [0.4, 0.5) is 0 Å². The zero-order valence-electron chi connectivity index (χ0n) is 17.0. The predicted octanol–water partition coefficient (Wildman–Crippen LogP) is 3.77. The molecule has 6 nitrogen and oxygen atoms in total. The Morgan fingerprint density at radius 3 is 3.03 bits per heavy atom. The third kappa shape index (κ3) is 5.93. The quantitative estimate of drug-likeness (QED) is 0.496. The molecule has 158 valence electrons. The van der Waals surface area contributed by atoms with E-state index in [2.05, 4.69) is 21.9 Å². The summed E-state index contributed by atoms with van der Waals surface area (Å²) >= 11 is 1.70. The van der Waals surface area contributed by atoms with Crippen LogP contribution in [0.15, 0.2) is 59.6 Å². The van der Waals surface area contributed by atoms with Gasteiger partial charge in [-0.25, -0.2) is 0 Å². The summed E-state index contributed by atoms with van der Waals surface area (Å²) in [7, 11) is 0. The van der Waals surface area contributed by atoms with Crippen molar-refractivity contribution in [1.82, 2.24) is 14.7 Å². The molecule has 0 saturated carbocycles. The molecule has 1 amide bonds. The molecule has 0 aliphatic carbocycles. The molecule has 7 heteroatoms. The number of benzene rings is 1. The smallest absolute Gasteiger partial charge is 0.244 e. The zero-order valence-corrected chi connectivity index (χ0v) is 17.8. The van der Waals surface area contributed by atoms with Gasteiger partial charge in [0, 0.05) is 38.5 Å². The van der Waals surface area contributed by atoms with Crippen LogP contribution >= 0.6 is 11.3 Å². The molecular formula is C23H27N3O3S. The van der Waals surface area contributed by atoms with Crippen LogP contribution < -0.4 is 4.74 Å². The molecule has 3 heterocycles. The fourth-order valence-corrected chi connectivity index (χ4v) is 4.30. The van der Waals surface area contributed by atoms with Crippen LogP contribution in [0.1, 0.15) is 24.0 Å². The van der Waals surface area contributed by atoms with E-state index >= 15 is 0 Å². The third-order valence-corrected chi connectivity index (χ3v) is 5.90. The van der Waals surface area contributed by atoms with Crippen molar-refractivity contribution in [3.05, 3.63) is 70.7 Å². The van der Waals surface area contributed by atoms with Gasteiger partial charge in [0.25, 0.3) is 0 Å². The Hall–Kier alpha value is -2.64. The van der Waals surface area contributed by atoms with E-state index < -0.39 is 0 Å². The Labute approximate surface area is 181 Å². The zero-order chi connectivity index (χ0) is 20.6. The fourth-order valence-electron chi connectivity index (χ4n) is 3.60. The van der Waals surface area contributed by atoms with Gasteiger partial charge < -0.3 is 14.4 Å². The first kappa shape index (κ1) is 20.6. The van der Waals surface area contributed by atoms with Crippen LogP contribution in [0.3, 0.4) is 0 Å². The molecule has 1 fully saturated rings. The average molecular weight is 426 g/mol. The number of carbonyl (C=O) groups is 1. The second kappa shape index (κ2) is 10.4. The third-order valence-electron chi connectivity index (χ3n) is 5.17. The fraction of sp³-hybridized carbons (Fsp3) is 0.391. The molecule has 0 bridgehead atoms. The predicted molar refractivity (Wildman–Crippen MR) is 117 cm³/mol. The van der Waals surface area contributed by atoms with Crippen molar-refractivity contribution in [2.24, 2.45) is 0 Å². The molecule has 1 atom stereocenters. The first-order chi connectivity index (χ1) is 14.8. The number of aromatic nitrogens is 2. The molecule has 1 aliphatic rings. The normalized spacial score (nSPS) is 15.9. The maximum Gasteiger partial charge on any atom is 0.244 e. The van der Waals surface area contributed by atoms with E-state index in [1.165, 1.54) is 5.56 Å². The van der Waals surface area contributed by atoms with Gasteiger partial charge in [0.2, 0.25) is 5.91 Å². The maximum atomic E-state index is 13.0. The Bertz CT molecular complexity index is 906. The molecule has 2 aromatic heterocycles. The molecule has 0 radical (unpaired) electrons. The van der Waals surface area contributed by atoms with Crippen LogP contribution in [0.2, 0.25) is 0 Å². The lowest BCUT2D eigenvalue weighted by Gasteiger charge is -2.26. The highest BCUT2D eigenvalue weighted by Crippen LogP contribution is 2.19. The second-order valence-electron chi connectivity index (χ2n) is 7.49. The molecule has 1 saturated heterocycles. The van der Waals surface area contributed by atoms with E-state index in [9.17, 15) is 4.79 Å². The van der Waals surface area contributed by atoms with Crippen molar-refractivity contribution in [2.75, 3.05) is 19.8 Å². The lowest BCUT2D eigenvalue weighted by Crippen LogP contribution is -2.39. The highest BCUT2D eigenvalue weighted by molar-refractivity contribution is 7.07. The SMILES string of the molecule is O=C(Cn1cccn1)N(Cc1cccc(OCCc2ccsc2)c1)C[C@H]1CCCO1. The van der Waals surface area contributed by atoms with E-state index in [1.54, 1.807) is 22.2 Å². The highest BCUT2D eigenvalue weighted by Gasteiger charge is 2.23. The summed E-state index contributed by atoms with van der Waals surface area (Å²) in [6.07, 6.45) is 6.55. The molecule has 0 spiro atoms. The molecule has 1 aromatic carbocycles. The van der Waals surface area contributed by atoms with Gasteiger partial charge in [-0.1, -0.05) is 12.1 Å². The van der Waals surface area contributed by atoms with E-state index in [0.29, 0.717) is 19.7 Å². The Morgan fingerprint density at radius 1 is 1.30 bits per heavy atom. The van der Waals surface area contributed by atoms with Crippen molar-refractivity contribution in [1.29, 1.82) is 0 Å². The monoisotopic (exact) mass is 425 g/mol. The number of ether oxygens (including phenoxy) is 2. The van der Waals surface area contributed by atoms with Crippen LogP contribution in [-0.4, -0.2) is 46.5 Å². The number of hydrogen-bond acceptors (Lipinski definition) is 5. The standard InChI is InChI=1S/C23H27N3O3S/c27-23(17-26-10-3-9-24-26)25(16-22-6-2-11-28-22)15-20-4-1-5-21(14-20)29-12-7-19-8-13-30-18-19/h1,3-5,8-10,13-14,18,22H,2,6-7,11-12,15-17H2/t22-/m1/s1. The van der Waals surface area contributed by atoms with Gasteiger partial charge in [-0.2, -0.15) is 16.4 Å². The second-order valence-corrected chi connectivity index (χ2v) is 8.27. The molecule has 4 rings (SSSR count). The first-order valence-corrected chi connectivity index (χ1v) is 11.3. The Kier molecular flexibility index (Phi) is 7.16. The molecular weight excluding hydrogens is 398 g/mol. The van der Waals surface area contributed by atoms with Crippen molar-refractivity contribution >= 4 is 17.2 Å². The van der Waals surface area contributed by atoms with Gasteiger partial charge in [-0.15, -0.1) is 0 Å². The summed E-state index contributed by atoms with van der Waals surface area (Å²) < 4.78 is 13.4. The lowest BCUT2D eigenvalue weighted by atomic mass is 10.1. The minimum absolute atomic E-state index is 0.0398. The molecule has 0 N–H and O–H groups in total. The number of nitrogens with zero attached hydrogens (tertiary/aromatic N) is 3. The Balaban J connectivity index is 1.38. The van der Waals surface area contributed by atoms with Gasteiger partial charge in [0.05, 0.1) is 12.7 Å². The van der Waals surface area contributed by atoms with Crippen LogP contribution in [-0.2, 0) is 29.0 Å². The Morgan fingerprint density at radius 2 is 2.27 bits per heavy atom. The minimum atomic E-state index is 0.0398. The summed E-state index contributed by atoms with van der Waals surface area (Å²) in [5.74, 6) is 0.873. The van der Waals surface area contributed by atoms with Gasteiger partial charge in [0.1, 0.15) is 12.3 Å². The van der Waals surface area contributed by atoms with Crippen molar-refractivity contribution in [3.63, 3.8) is 0 Å². The summed E-state index contributed by atoms with van der Waals surface area (Å²) in [5.41, 5.74) is 2.35. The van der Waals surface area contributed by atoms with Crippen molar-refractivity contribution in [3.8, 4) is 5.75 Å². The average Bonchev–Trinajstić information content (AvgIpc) is 3.52. The highest BCUT2D eigenvalue weighted by atomic mass is 32.1. The van der Waals surface area contributed by atoms with Crippen LogP contribution in [0, 0.1) is 0 Å². The molecule has 0 unspecified atom stereocenters. The van der Waals surface area contributed by atoms with E-state index in [1.807, 2.05) is 41.4 Å². The number of hydrogen-bond donors (Lipinski definition) is 0. The molecule has 3 aromatic rings. The minimum Gasteiger partial charge on any atom is -0.493 e. The van der Waals surface area contributed by atoms with E-state index in [0.717, 1.165) is 37.2 Å². The maximum absolute atomic E-state index is 13.0. The first-order valence-electron chi connectivity index (χ1n) is 10.4. The molecule has 1 aliphatic heterocycles. The number of rotatable bonds is 10. The summed E-state index contributed by atoms with van der Waals surface area (Å²) in [6.45, 7) is 2.78. The van der Waals surface area contributed by atoms with Gasteiger partial charge in [0.15, 0.2) is 0 Å². The van der Waals surface area contributed by atoms with Crippen molar-refractivity contribution < 1.29 is 14.3 Å². The van der Waals surface area contributed by atoms with Gasteiger partial charge >= 0.3 is 0 Å². The van der Waals surface area contributed by atoms with E-state index in [-0.39, 0.29) is 18.6 Å². The summed E-state index contributed by atoms with van der Waals surface area (Å²) in [5, 5.41) is 8.39. The topological polar surface area (TPSA) is 56.6 Å². The number of carbonyl (C=O) groups excluding carboxylic acids is 1. The lowest BCUT2D eigenvalue weighted by molar-refractivity contribution is -0.134. The van der Waals surface area contributed by atoms with Crippen molar-refractivity contribution in [2.45, 2.75) is 38.5 Å². The van der Waals surface area contributed by atoms with Gasteiger partial charge in [-0.3, -0.25) is 9.48 Å². The largest absolute Gasteiger partial charge is 0.493 e. The summed E-state index contributed by atoms with van der Waals surface area (Å²) in [6, 6.07) is 12.0. The molecule has 30 heavy (non-hydrogen) atoms. The van der Waals surface area contributed by atoms with Crippen LogP contribution in [0.5, 0.6) is 5.75 Å². The number of amides is 1. The summed E-state index contributed by atoms with van der Waals surface area (Å²) in [4.78, 5) is 14.8. The van der Waals surface area contributed by atoms with E-state index in [4.69, 9.17) is 9.47 Å². The number of thiophene rings is 1.